The zero-order chi connectivity index (χ0) is 10.2. The van der Waals surface area contributed by atoms with Gasteiger partial charge in [0.2, 0.25) is 11.8 Å². The van der Waals surface area contributed by atoms with Crippen LogP contribution in [0.3, 0.4) is 0 Å². The molecule has 1 saturated heterocycles. The summed E-state index contributed by atoms with van der Waals surface area (Å²) in [7, 11) is 0. The predicted molar refractivity (Wildman–Crippen MR) is 35.3 cm³/mol. The normalized spacial score (nSPS) is 28.7. The first-order valence-corrected chi connectivity index (χ1v) is 3.48. The number of hydrogen-bond acceptors (Lipinski definition) is 2. The first kappa shape index (κ1) is 9.82. The number of hydrogen-bond donors (Lipinski definition) is 2. The quantitative estimate of drug-likeness (QED) is 0.595. The number of carbonyl (C=O) groups excluding carboxylic acids is 2. The number of primary amides is 1. The second kappa shape index (κ2) is 2.90. The number of halogens is 3. The van der Waals surface area contributed by atoms with Gasteiger partial charge in [-0.1, -0.05) is 0 Å². The van der Waals surface area contributed by atoms with Crippen LogP contribution >= 0.6 is 0 Å². The van der Waals surface area contributed by atoms with Gasteiger partial charge in [-0.05, 0) is 0 Å². The molecule has 0 aromatic heterocycles. The molecule has 0 spiro atoms. The molecule has 0 aromatic carbocycles. The van der Waals surface area contributed by atoms with Gasteiger partial charge in [0.05, 0.1) is 5.92 Å². The van der Waals surface area contributed by atoms with E-state index in [2.05, 4.69) is 0 Å². The van der Waals surface area contributed by atoms with E-state index in [1.807, 2.05) is 0 Å². The molecule has 1 heterocycles. The fourth-order valence-corrected chi connectivity index (χ4v) is 1.23. The van der Waals surface area contributed by atoms with Crippen molar-refractivity contribution in [2.45, 2.75) is 18.6 Å². The van der Waals surface area contributed by atoms with Gasteiger partial charge >= 0.3 is 6.18 Å². The lowest BCUT2D eigenvalue weighted by Crippen LogP contribution is -2.46. The van der Waals surface area contributed by atoms with E-state index in [-0.39, 0.29) is 0 Å². The van der Waals surface area contributed by atoms with Gasteiger partial charge in [0.25, 0.3) is 0 Å². The van der Waals surface area contributed by atoms with Crippen LogP contribution in [0.4, 0.5) is 13.2 Å². The summed E-state index contributed by atoms with van der Waals surface area (Å²) in [6.45, 7) is 0. The van der Waals surface area contributed by atoms with Crippen LogP contribution in [0.1, 0.15) is 6.42 Å². The van der Waals surface area contributed by atoms with E-state index in [0.29, 0.717) is 0 Å². The Bertz CT molecular complexity index is 251. The van der Waals surface area contributed by atoms with Crippen LogP contribution in [0.15, 0.2) is 0 Å². The van der Waals surface area contributed by atoms with E-state index < -0.39 is 36.4 Å². The zero-order valence-electron chi connectivity index (χ0n) is 6.39. The molecule has 0 radical (unpaired) electrons. The van der Waals surface area contributed by atoms with Crippen molar-refractivity contribution in [3.05, 3.63) is 0 Å². The Morgan fingerprint density at radius 1 is 1.54 bits per heavy atom. The van der Waals surface area contributed by atoms with Gasteiger partial charge in [0, 0.05) is 6.42 Å². The average molecular weight is 196 g/mol. The molecular weight excluding hydrogens is 189 g/mol. The van der Waals surface area contributed by atoms with Crippen LogP contribution in [0, 0.1) is 5.92 Å². The minimum atomic E-state index is -4.62. The number of amides is 2. The Hall–Kier alpha value is -1.27. The molecule has 0 bridgehead atoms. The van der Waals surface area contributed by atoms with Crippen LogP contribution in [0.25, 0.3) is 0 Å². The van der Waals surface area contributed by atoms with Gasteiger partial charge in [-0.3, -0.25) is 9.59 Å². The highest BCUT2D eigenvalue weighted by molar-refractivity contribution is 5.89. The third-order valence-corrected chi connectivity index (χ3v) is 1.84. The molecule has 7 heteroatoms. The molecule has 0 aromatic rings. The molecule has 2 atom stereocenters. The lowest BCUT2D eigenvalue weighted by atomic mass is 10.00. The fraction of sp³-hybridized carbons (Fsp3) is 0.667. The van der Waals surface area contributed by atoms with E-state index in [9.17, 15) is 22.8 Å². The van der Waals surface area contributed by atoms with Crippen LogP contribution in [0.2, 0.25) is 0 Å². The molecule has 1 aliphatic heterocycles. The number of rotatable bonds is 1. The van der Waals surface area contributed by atoms with Gasteiger partial charge in [0.1, 0.15) is 6.04 Å². The monoisotopic (exact) mass is 196 g/mol. The smallest absolute Gasteiger partial charge is 0.369 e. The largest absolute Gasteiger partial charge is 0.409 e. The number of nitrogens with one attached hydrogen (secondary N) is 1. The van der Waals surface area contributed by atoms with E-state index in [1.54, 1.807) is 5.32 Å². The molecule has 1 aliphatic rings. The lowest BCUT2D eigenvalue weighted by molar-refractivity contribution is -0.166. The second-order valence-corrected chi connectivity index (χ2v) is 2.80. The summed E-state index contributed by atoms with van der Waals surface area (Å²) in [5, 5.41) is 1.66. The summed E-state index contributed by atoms with van der Waals surface area (Å²) in [6, 6.07) is -2.13. The van der Waals surface area contributed by atoms with Crippen molar-refractivity contribution in [3.8, 4) is 0 Å². The van der Waals surface area contributed by atoms with Crippen molar-refractivity contribution < 1.29 is 22.8 Å². The van der Waals surface area contributed by atoms with Gasteiger partial charge in [0.15, 0.2) is 0 Å². The summed E-state index contributed by atoms with van der Waals surface area (Å²) in [4.78, 5) is 21.1. The summed E-state index contributed by atoms with van der Waals surface area (Å²) < 4.78 is 36.4. The summed E-state index contributed by atoms with van der Waals surface area (Å²) >= 11 is 0. The minimum Gasteiger partial charge on any atom is -0.369 e. The van der Waals surface area contributed by atoms with Gasteiger partial charge in [-0.15, -0.1) is 0 Å². The van der Waals surface area contributed by atoms with Gasteiger partial charge in [-0.2, -0.15) is 13.2 Å². The third-order valence-electron chi connectivity index (χ3n) is 1.84. The SMILES string of the molecule is NC(=O)C1CC(=O)NC1C(F)(F)F. The molecule has 2 amide bonds. The van der Waals surface area contributed by atoms with Crippen molar-refractivity contribution in [1.82, 2.24) is 5.32 Å². The molecule has 13 heavy (non-hydrogen) atoms. The van der Waals surface area contributed by atoms with E-state index in [0.717, 1.165) is 0 Å². The van der Waals surface area contributed by atoms with E-state index in [4.69, 9.17) is 5.73 Å². The Morgan fingerprint density at radius 2 is 2.08 bits per heavy atom. The van der Waals surface area contributed by atoms with Crippen LogP contribution < -0.4 is 11.1 Å². The number of carbonyl (C=O) groups is 2. The van der Waals surface area contributed by atoms with Crippen molar-refractivity contribution in [1.29, 1.82) is 0 Å². The standard InChI is InChI=1S/C6H7F3N2O2/c7-6(8,9)4-2(5(10)13)1-3(12)11-4/h2,4H,1H2,(H2,10,13)(H,11,12). The van der Waals surface area contributed by atoms with Crippen LogP contribution in [0.5, 0.6) is 0 Å². The summed E-state index contributed by atoms with van der Waals surface area (Å²) in [5.74, 6) is -3.39. The molecule has 74 valence electrons. The van der Waals surface area contributed by atoms with Crippen LogP contribution in [-0.4, -0.2) is 24.0 Å². The van der Waals surface area contributed by atoms with Crippen LogP contribution in [-0.2, 0) is 9.59 Å². The van der Waals surface area contributed by atoms with Gasteiger partial charge < -0.3 is 11.1 Å². The van der Waals surface area contributed by atoms with Crippen molar-refractivity contribution in [2.24, 2.45) is 11.7 Å². The Kier molecular flexibility index (Phi) is 2.19. The maximum atomic E-state index is 12.1. The van der Waals surface area contributed by atoms with Crippen molar-refractivity contribution in [2.75, 3.05) is 0 Å². The summed E-state index contributed by atoms with van der Waals surface area (Å²) in [6.07, 6.45) is -5.11. The summed E-state index contributed by atoms with van der Waals surface area (Å²) in [5.41, 5.74) is 4.72. The first-order chi connectivity index (χ1) is 5.82. The Labute approximate surface area is 71.3 Å². The zero-order valence-corrected chi connectivity index (χ0v) is 6.39. The van der Waals surface area contributed by atoms with E-state index in [1.165, 1.54) is 0 Å². The Morgan fingerprint density at radius 3 is 2.38 bits per heavy atom. The Balaban J connectivity index is 2.84. The predicted octanol–water partition coefficient (Wildman–Crippen LogP) is -0.461. The highest BCUT2D eigenvalue weighted by Crippen LogP contribution is 2.30. The highest BCUT2D eigenvalue weighted by Gasteiger charge is 2.52. The van der Waals surface area contributed by atoms with E-state index >= 15 is 0 Å². The lowest BCUT2D eigenvalue weighted by Gasteiger charge is -2.18. The third kappa shape index (κ3) is 1.90. The highest BCUT2D eigenvalue weighted by atomic mass is 19.4. The minimum absolute atomic E-state index is 0.487. The van der Waals surface area contributed by atoms with Gasteiger partial charge in [-0.25, -0.2) is 0 Å². The maximum absolute atomic E-state index is 12.1. The van der Waals surface area contributed by atoms with Crippen molar-refractivity contribution in [3.63, 3.8) is 0 Å². The number of alkyl halides is 3. The molecule has 1 fully saturated rings. The first-order valence-electron chi connectivity index (χ1n) is 3.48. The molecular formula is C6H7F3N2O2. The molecule has 0 saturated carbocycles. The second-order valence-electron chi connectivity index (χ2n) is 2.80. The topological polar surface area (TPSA) is 72.2 Å². The number of nitrogens with two attached hydrogens (primary N) is 1. The molecule has 3 N–H and O–H groups in total. The maximum Gasteiger partial charge on any atom is 0.409 e. The van der Waals surface area contributed by atoms with Crippen molar-refractivity contribution >= 4 is 11.8 Å². The average Bonchev–Trinajstić information content (AvgIpc) is 2.29. The molecule has 1 rings (SSSR count). The molecule has 4 nitrogen and oxygen atoms in total. The molecule has 0 aliphatic carbocycles. The fourth-order valence-electron chi connectivity index (χ4n) is 1.23. The molecule has 2 unspecified atom stereocenters.